The van der Waals surface area contributed by atoms with E-state index < -0.39 is 0 Å². The average molecular weight is 365 g/mol. The van der Waals surface area contributed by atoms with E-state index in [0.717, 1.165) is 47.7 Å². The number of benzene rings is 1. The molecule has 2 atom stereocenters. The third-order valence-corrected chi connectivity index (χ3v) is 6.22. The van der Waals surface area contributed by atoms with Crippen LogP contribution in [0.15, 0.2) is 42.3 Å². The van der Waals surface area contributed by atoms with Gasteiger partial charge in [-0.15, -0.1) is 11.3 Å². The fraction of sp³-hybridized carbons (Fsp3) is 0.368. The van der Waals surface area contributed by atoms with Crippen LogP contribution in [0.4, 0.5) is 5.82 Å². The van der Waals surface area contributed by atoms with Gasteiger partial charge in [0.25, 0.3) is 5.91 Å². The van der Waals surface area contributed by atoms with E-state index in [1.165, 1.54) is 6.42 Å². The van der Waals surface area contributed by atoms with Gasteiger partial charge < -0.3 is 9.80 Å². The number of carbonyl (C=O) groups is 1. The number of hydrogen-bond acceptors (Lipinski definition) is 6. The van der Waals surface area contributed by atoms with E-state index in [1.807, 2.05) is 29.9 Å². The summed E-state index contributed by atoms with van der Waals surface area (Å²) < 4.78 is 1.07. The van der Waals surface area contributed by atoms with E-state index in [4.69, 9.17) is 0 Å². The summed E-state index contributed by atoms with van der Waals surface area (Å²) in [5, 5.41) is 0. The molecule has 26 heavy (non-hydrogen) atoms. The summed E-state index contributed by atoms with van der Waals surface area (Å²) in [5.74, 6) is 1.52. The largest absolute Gasteiger partial charge is 0.353 e. The maximum absolute atomic E-state index is 13.2. The van der Waals surface area contributed by atoms with Gasteiger partial charge in [-0.3, -0.25) is 9.78 Å². The number of rotatable bonds is 2. The SMILES string of the molecule is O=C(c1ccc2ncsc2c1)N1CC2CCC1CN(c1cnccn1)C2. The number of fused-ring (bicyclic) bond motifs is 5. The Labute approximate surface area is 155 Å². The summed E-state index contributed by atoms with van der Waals surface area (Å²) in [6.45, 7) is 2.58. The number of carbonyl (C=O) groups excluding carboxylic acids is 1. The van der Waals surface area contributed by atoms with Gasteiger partial charge in [-0.25, -0.2) is 9.97 Å². The van der Waals surface area contributed by atoms with Crippen molar-refractivity contribution < 1.29 is 4.79 Å². The minimum Gasteiger partial charge on any atom is -0.353 e. The highest BCUT2D eigenvalue weighted by atomic mass is 32.1. The molecule has 0 saturated carbocycles. The summed E-state index contributed by atoms with van der Waals surface area (Å²) in [5.41, 5.74) is 3.55. The number of piperidine rings is 1. The van der Waals surface area contributed by atoms with Gasteiger partial charge in [0.2, 0.25) is 0 Å². The topological polar surface area (TPSA) is 62.2 Å². The van der Waals surface area contributed by atoms with Crippen molar-refractivity contribution in [2.75, 3.05) is 24.5 Å². The number of thiazole rings is 1. The molecule has 2 bridgehead atoms. The Balaban J connectivity index is 1.42. The first-order valence-corrected chi connectivity index (χ1v) is 9.81. The second-order valence-electron chi connectivity index (χ2n) is 7.06. The first-order chi connectivity index (χ1) is 12.8. The number of nitrogens with zero attached hydrogens (tertiary/aromatic N) is 5. The maximum Gasteiger partial charge on any atom is 0.254 e. The van der Waals surface area contributed by atoms with Crippen LogP contribution in [0.3, 0.4) is 0 Å². The molecule has 1 amide bonds. The van der Waals surface area contributed by atoms with Crippen LogP contribution in [0.2, 0.25) is 0 Å². The Bertz CT molecular complexity index is 943. The molecule has 5 heterocycles. The first-order valence-electron chi connectivity index (χ1n) is 8.93. The maximum atomic E-state index is 13.2. The fourth-order valence-corrected chi connectivity index (χ4v) is 4.84. The summed E-state index contributed by atoms with van der Waals surface area (Å²) in [4.78, 5) is 30.5. The second-order valence-corrected chi connectivity index (χ2v) is 7.94. The molecule has 3 saturated heterocycles. The Kier molecular flexibility index (Phi) is 3.81. The molecule has 1 aromatic carbocycles. The van der Waals surface area contributed by atoms with Crippen LogP contribution in [0.1, 0.15) is 23.2 Å². The lowest BCUT2D eigenvalue weighted by Gasteiger charge is -2.36. The zero-order chi connectivity index (χ0) is 17.5. The monoisotopic (exact) mass is 365 g/mol. The number of anilines is 1. The molecule has 0 radical (unpaired) electrons. The molecule has 6 rings (SSSR count). The predicted molar refractivity (Wildman–Crippen MR) is 101 cm³/mol. The smallest absolute Gasteiger partial charge is 0.254 e. The summed E-state index contributed by atoms with van der Waals surface area (Å²) in [6.07, 6.45) is 7.46. The molecule has 3 aromatic rings. The molecular weight excluding hydrogens is 346 g/mol. The van der Waals surface area contributed by atoms with Crippen molar-refractivity contribution in [1.29, 1.82) is 0 Å². The highest BCUT2D eigenvalue weighted by Gasteiger charge is 2.38. The van der Waals surface area contributed by atoms with Gasteiger partial charge in [0.05, 0.1) is 21.9 Å². The zero-order valence-corrected chi connectivity index (χ0v) is 15.1. The van der Waals surface area contributed by atoms with Gasteiger partial charge in [0.15, 0.2) is 0 Å². The standard InChI is InChI=1S/C19H19N5OS/c25-19(14-2-4-16-17(7-14)26-12-22-16)24-10-13-1-3-15(24)11-23(9-13)18-8-20-5-6-21-18/h2,4-8,12-13,15H,1,3,9-11H2. The number of amides is 1. The third-order valence-electron chi connectivity index (χ3n) is 5.43. The van der Waals surface area contributed by atoms with Crippen molar-refractivity contribution in [3.05, 3.63) is 47.9 Å². The lowest BCUT2D eigenvalue weighted by molar-refractivity contribution is 0.0592. The van der Waals surface area contributed by atoms with E-state index in [1.54, 1.807) is 23.7 Å². The lowest BCUT2D eigenvalue weighted by Crippen LogP contribution is -2.47. The van der Waals surface area contributed by atoms with E-state index in [0.29, 0.717) is 5.92 Å². The van der Waals surface area contributed by atoms with Crippen molar-refractivity contribution >= 4 is 33.3 Å². The van der Waals surface area contributed by atoms with Gasteiger partial charge in [-0.05, 0) is 37.0 Å². The Morgan fingerprint density at radius 1 is 1.12 bits per heavy atom. The van der Waals surface area contributed by atoms with Gasteiger partial charge in [-0.1, -0.05) is 0 Å². The van der Waals surface area contributed by atoms with Gasteiger partial charge in [0, 0.05) is 43.6 Å². The predicted octanol–water partition coefficient (Wildman–Crippen LogP) is 2.83. The van der Waals surface area contributed by atoms with Crippen LogP contribution in [0, 0.1) is 5.92 Å². The Morgan fingerprint density at radius 2 is 2.08 bits per heavy atom. The van der Waals surface area contributed by atoms with Crippen LogP contribution in [-0.4, -0.2) is 51.4 Å². The molecule has 0 aliphatic carbocycles. The molecule has 3 aliphatic rings. The first kappa shape index (κ1) is 15.7. The summed E-state index contributed by atoms with van der Waals surface area (Å²) in [7, 11) is 0. The van der Waals surface area contributed by atoms with Crippen molar-refractivity contribution in [2.45, 2.75) is 18.9 Å². The van der Waals surface area contributed by atoms with E-state index >= 15 is 0 Å². The molecule has 0 spiro atoms. The second kappa shape index (κ2) is 6.32. The minimum atomic E-state index is 0.135. The van der Waals surface area contributed by atoms with Crippen molar-refractivity contribution in [3.63, 3.8) is 0 Å². The highest BCUT2D eigenvalue weighted by molar-refractivity contribution is 7.16. The van der Waals surface area contributed by atoms with E-state index in [9.17, 15) is 4.79 Å². The lowest BCUT2D eigenvalue weighted by atomic mass is 9.94. The quantitative estimate of drug-likeness (QED) is 0.699. The van der Waals surface area contributed by atoms with Crippen LogP contribution in [0.5, 0.6) is 0 Å². The van der Waals surface area contributed by atoms with Crippen LogP contribution >= 0.6 is 11.3 Å². The normalized spacial score (nSPS) is 22.6. The highest BCUT2D eigenvalue weighted by Crippen LogP contribution is 2.31. The van der Waals surface area contributed by atoms with Crippen molar-refractivity contribution in [1.82, 2.24) is 19.9 Å². The average Bonchev–Trinajstić information content (AvgIpc) is 2.97. The van der Waals surface area contributed by atoms with E-state index in [-0.39, 0.29) is 11.9 Å². The van der Waals surface area contributed by atoms with Crippen molar-refractivity contribution in [2.24, 2.45) is 5.92 Å². The fourth-order valence-electron chi connectivity index (χ4n) is 4.13. The summed E-state index contributed by atoms with van der Waals surface area (Å²) >= 11 is 1.58. The number of hydrogen-bond donors (Lipinski definition) is 0. The van der Waals surface area contributed by atoms with Crippen LogP contribution in [-0.2, 0) is 0 Å². The Hall–Kier alpha value is -2.54. The molecule has 6 nitrogen and oxygen atoms in total. The van der Waals surface area contributed by atoms with Crippen molar-refractivity contribution in [3.8, 4) is 0 Å². The molecule has 132 valence electrons. The molecule has 3 fully saturated rings. The zero-order valence-electron chi connectivity index (χ0n) is 14.3. The molecular formula is C19H19N5OS. The summed E-state index contributed by atoms with van der Waals surface area (Å²) in [6, 6.07) is 6.05. The van der Waals surface area contributed by atoms with Crippen LogP contribution in [0.25, 0.3) is 10.2 Å². The number of aromatic nitrogens is 3. The molecule has 2 aromatic heterocycles. The molecule has 0 N–H and O–H groups in total. The third kappa shape index (κ3) is 2.72. The minimum absolute atomic E-state index is 0.135. The van der Waals surface area contributed by atoms with Crippen LogP contribution < -0.4 is 4.90 Å². The Morgan fingerprint density at radius 3 is 2.96 bits per heavy atom. The molecule has 2 unspecified atom stereocenters. The molecule has 7 heteroatoms. The van der Waals surface area contributed by atoms with Gasteiger partial charge in [0.1, 0.15) is 5.82 Å². The van der Waals surface area contributed by atoms with E-state index in [2.05, 4.69) is 24.8 Å². The molecule has 3 aliphatic heterocycles. The van der Waals surface area contributed by atoms with Gasteiger partial charge in [-0.2, -0.15) is 0 Å². The van der Waals surface area contributed by atoms with Gasteiger partial charge >= 0.3 is 0 Å².